The fourth-order valence-electron chi connectivity index (χ4n) is 4.04. The topological polar surface area (TPSA) is 48.0 Å². The maximum atomic E-state index is 13.4. The lowest BCUT2D eigenvalue weighted by molar-refractivity contribution is 0.0681. The van der Waals surface area contributed by atoms with Gasteiger partial charge in [0.05, 0.1) is 27.4 Å². The fraction of sp³-hybridized carbons (Fsp3) is 0.269. The van der Waals surface area contributed by atoms with Gasteiger partial charge in [-0.05, 0) is 66.1 Å². The highest BCUT2D eigenvalue weighted by Crippen LogP contribution is 2.41. The van der Waals surface area contributed by atoms with Gasteiger partial charge in [-0.3, -0.25) is 4.79 Å². The third-order valence-electron chi connectivity index (χ3n) is 5.75. The van der Waals surface area contributed by atoms with Crippen molar-refractivity contribution in [2.45, 2.75) is 17.4 Å². The van der Waals surface area contributed by atoms with Crippen LogP contribution in [0.5, 0.6) is 17.2 Å². The van der Waals surface area contributed by atoms with Crippen molar-refractivity contribution in [2.75, 3.05) is 33.6 Å². The molecule has 0 aromatic heterocycles. The van der Waals surface area contributed by atoms with Crippen LogP contribution in [0.15, 0.2) is 71.6 Å². The molecule has 1 unspecified atom stereocenters. The number of carbonyl (C=O) groups excluding carboxylic acids is 1. The highest BCUT2D eigenvalue weighted by molar-refractivity contribution is 7.99. The summed E-state index contributed by atoms with van der Waals surface area (Å²) in [6.45, 7) is 0.657. The Morgan fingerprint density at radius 2 is 1.62 bits per heavy atom. The van der Waals surface area contributed by atoms with E-state index in [0.717, 1.165) is 34.1 Å². The molecule has 3 aromatic rings. The number of benzene rings is 3. The summed E-state index contributed by atoms with van der Waals surface area (Å²) in [6, 6.07) is 21.5. The van der Waals surface area contributed by atoms with Crippen LogP contribution >= 0.6 is 11.8 Å². The molecule has 0 aliphatic carbocycles. The van der Waals surface area contributed by atoms with Crippen LogP contribution in [0.4, 0.5) is 0 Å². The Morgan fingerprint density at radius 3 is 2.28 bits per heavy atom. The SMILES string of the molecule is COc1ccc(SCC2c3cc(OC)c(OC)cc3CCN2C(=O)c2ccccc2)cc1. The second kappa shape index (κ2) is 10.0. The minimum atomic E-state index is -0.0848. The van der Waals surface area contributed by atoms with E-state index in [0.29, 0.717) is 17.9 Å². The van der Waals surface area contributed by atoms with Crippen molar-refractivity contribution in [3.05, 3.63) is 83.4 Å². The van der Waals surface area contributed by atoms with Gasteiger partial charge < -0.3 is 19.1 Å². The molecule has 0 bridgehead atoms. The van der Waals surface area contributed by atoms with Crippen LogP contribution in [-0.2, 0) is 6.42 Å². The van der Waals surface area contributed by atoms with Gasteiger partial charge in [0.2, 0.25) is 0 Å². The molecule has 0 spiro atoms. The highest BCUT2D eigenvalue weighted by Gasteiger charge is 2.32. The van der Waals surface area contributed by atoms with Gasteiger partial charge in [-0.2, -0.15) is 0 Å². The lowest BCUT2D eigenvalue weighted by atomic mass is 9.92. The highest BCUT2D eigenvalue weighted by atomic mass is 32.2. The molecule has 0 saturated heterocycles. The predicted octanol–water partition coefficient (Wildman–Crippen LogP) is 5.24. The zero-order chi connectivity index (χ0) is 22.5. The van der Waals surface area contributed by atoms with E-state index in [4.69, 9.17) is 14.2 Å². The molecule has 6 heteroatoms. The average Bonchev–Trinajstić information content (AvgIpc) is 2.86. The summed E-state index contributed by atoms with van der Waals surface area (Å²) in [5, 5.41) is 0. The van der Waals surface area contributed by atoms with E-state index in [1.165, 1.54) is 5.56 Å². The van der Waals surface area contributed by atoms with Crippen molar-refractivity contribution in [1.29, 1.82) is 0 Å². The molecule has 1 atom stereocenters. The molecule has 1 aliphatic rings. The quantitative estimate of drug-likeness (QED) is 0.462. The standard InChI is InChI=1S/C26H27NO4S/c1-29-20-9-11-21(12-10-20)32-17-23-22-16-25(31-3)24(30-2)15-19(22)13-14-27(23)26(28)18-7-5-4-6-8-18/h4-12,15-16,23H,13-14,17H2,1-3H3. The van der Waals surface area contributed by atoms with Crippen LogP contribution in [0.25, 0.3) is 0 Å². The molecule has 0 N–H and O–H groups in total. The maximum Gasteiger partial charge on any atom is 0.254 e. The van der Waals surface area contributed by atoms with E-state index < -0.39 is 0 Å². The second-order valence-electron chi connectivity index (χ2n) is 7.52. The normalized spacial score (nSPS) is 15.1. The van der Waals surface area contributed by atoms with Crippen molar-refractivity contribution in [3.63, 3.8) is 0 Å². The van der Waals surface area contributed by atoms with Gasteiger partial charge in [-0.1, -0.05) is 18.2 Å². The first-order valence-corrected chi connectivity index (χ1v) is 11.5. The number of ether oxygens (including phenoxy) is 3. The van der Waals surface area contributed by atoms with Crippen molar-refractivity contribution in [3.8, 4) is 17.2 Å². The monoisotopic (exact) mass is 449 g/mol. The summed E-state index contributed by atoms with van der Waals surface area (Å²) in [7, 11) is 4.95. The van der Waals surface area contributed by atoms with Crippen LogP contribution in [0.3, 0.4) is 0 Å². The first kappa shape index (κ1) is 22.1. The number of thioether (sulfide) groups is 1. The minimum absolute atomic E-state index is 0.0476. The Bertz CT molecular complexity index is 1070. The number of fused-ring (bicyclic) bond motifs is 1. The van der Waals surface area contributed by atoms with Gasteiger partial charge in [-0.25, -0.2) is 0 Å². The summed E-state index contributed by atoms with van der Waals surface area (Å²) in [5.74, 6) is 3.00. The third-order valence-corrected chi connectivity index (χ3v) is 6.84. The molecule has 3 aromatic carbocycles. The van der Waals surface area contributed by atoms with E-state index in [2.05, 4.69) is 0 Å². The molecule has 0 radical (unpaired) electrons. The lowest BCUT2D eigenvalue weighted by Crippen LogP contribution is -2.41. The number of nitrogens with zero attached hydrogens (tertiary/aromatic N) is 1. The first-order chi connectivity index (χ1) is 15.6. The number of methoxy groups -OCH3 is 3. The number of carbonyl (C=O) groups is 1. The Labute approximate surface area is 193 Å². The lowest BCUT2D eigenvalue weighted by Gasteiger charge is -2.38. The predicted molar refractivity (Wildman–Crippen MR) is 127 cm³/mol. The number of hydrogen-bond donors (Lipinski definition) is 0. The average molecular weight is 450 g/mol. The summed E-state index contributed by atoms with van der Waals surface area (Å²) in [5.41, 5.74) is 3.01. The van der Waals surface area contributed by atoms with Gasteiger partial charge >= 0.3 is 0 Å². The molecule has 32 heavy (non-hydrogen) atoms. The molecule has 1 heterocycles. The Kier molecular flexibility index (Phi) is 6.90. The fourth-order valence-corrected chi connectivity index (χ4v) is 5.08. The summed E-state index contributed by atoms with van der Waals surface area (Å²) < 4.78 is 16.3. The van der Waals surface area contributed by atoms with Crippen molar-refractivity contribution >= 4 is 17.7 Å². The summed E-state index contributed by atoms with van der Waals surface area (Å²) >= 11 is 1.73. The Morgan fingerprint density at radius 1 is 0.938 bits per heavy atom. The van der Waals surface area contributed by atoms with Crippen LogP contribution < -0.4 is 14.2 Å². The van der Waals surface area contributed by atoms with Crippen molar-refractivity contribution in [1.82, 2.24) is 4.90 Å². The number of amides is 1. The van der Waals surface area contributed by atoms with E-state index >= 15 is 0 Å². The molecule has 5 nitrogen and oxygen atoms in total. The third kappa shape index (κ3) is 4.55. The van der Waals surface area contributed by atoms with E-state index in [1.54, 1.807) is 33.1 Å². The maximum absolute atomic E-state index is 13.4. The van der Waals surface area contributed by atoms with Crippen LogP contribution in [0.1, 0.15) is 27.5 Å². The zero-order valence-corrected chi connectivity index (χ0v) is 19.4. The molecule has 4 rings (SSSR count). The molecule has 0 fully saturated rings. The number of rotatable bonds is 7. The smallest absolute Gasteiger partial charge is 0.254 e. The second-order valence-corrected chi connectivity index (χ2v) is 8.62. The Hall–Kier alpha value is -3.12. The van der Waals surface area contributed by atoms with Gasteiger partial charge in [0.15, 0.2) is 11.5 Å². The summed E-state index contributed by atoms with van der Waals surface area (Å²) in [6.07, 6.45) is 0.776. The zero-order valence-electron chi connectivity index (χ0n) is 18.5. The van der Waals surface area contributed by atoms with E-state index in [-0.39, 0.29) is 11.9 Å². The van der Waals surface area contributed by atoms with Crippen molar-refractivity contribution in [2.24, 2.45) is 0 Å². The van der Waals surface area contributed by atoms with Gasteiger partial charge in [0, 0.05) is 22.8 Å². The summed E-state index contributed by atoms with van der Waals surface area (Å²) in [4.78, 5) is 16.6. The van der Waals surface area contributed by atoms with Gasteiger partial charge in [0.25, 0.3) is 5.91 Å². The van der Waals surface area contributed by atoms with Gasteiger partial charge in [0.1, 0.15) is 5.75 Å². The van der Waals surface area contributed by atoms with Crippen LogP contribution in [0, 0.1) is 0 Å². The molecule has 0 saturated carbocycles. The van der Waals surface area contributed by atoms with Crippen LogP contribution in [0.2, 0.25) is 0 Å². The number of hydrogen-bond acceptors (Lipinski definition) is 5. The molecule has 166 valence electrons. The Balaban J connectivity index is 1.68. The van der Waals surface area contributed by atoms with E-state index in [9.17, 15) is 4.79 Å². The first-order valence-electron chi connectivity index (χ1n) is 10.5. The van der Waals surface area contributed by atoms with Crippen molar-refractivity contribution < 1.29 is 19.0 Å². The minimum Gasteiger partial charge on any atom is -0.497 e. The molecule has 1 amide bonds. The van der Waals surface area contributed by atoms with Crippen LogP contribution in [-0.4, -0.2) is 44.4 Å². The molecular formula is C26H27NO4S. The molecular weight excluding hydrogens is 422 g/mol. The largest absolute Gasteiger partial charge is 0.497 e. The van der Waals surface area contributed by atoms with Gasteiger partial charge in [-0.15, -0.1) is 11.8 Å². The molecule has 1 aliphatic heterocycles. The van der Waals surface area contributed by atoms with E-state index in [1.807, 2.05) is 71.6 Å².